The number of hydrogen-bond donors (Lipinski definition) is 1. The van der Waals surface area contributed by atoms with Crippen molar-refractivity contribution in [3.05, 3.63) is 0 Å². The minimum Gasteiger partial charge on any atom is -0.380 e. The largest absolute Gasteiger partial charge is 0.380 e. The zero-order valence-electron chi connectivity index (χ0n) is 7.39. The van der Waals surface area contributed by atoms with Gasteiger partial charge in [0, 0.05) is 11.5 Å². The lowest BCUT2D eigenvalue weighted by molar-refractivity contribution is -0.148. The van der Waals surface area contributed by atoms with E-state index >= 15 is 0 Å². The summed E-state index contributed by atoms with van der Waals surface area (Å²) in [4.78, 5) is 0. The van der Waals surface area contributed by atoms with Gasteiger partial charge in [0.05, 0.1) is 13.2 Å². The lowest BCUT2D eigenvalue weighted by Crippen LogP contribution is -2.53. The number of ether oxygens (including phenoxy) is 1. The Kier molecular flexibility index (Phi) is 1.37. The Balaban J connectivity index is 2.13. The molecule has 1 atom stereocenters. The monoisotopic (exact) mass is 155 g/mol. The minimum atomic E-state index is 0.344. The zero-order chi connectivity index (χ0) is 8.11. The van der Waals surface area contributed by atoms with Crippen LogP contribution < -0.4 is 5.73 Å². The van der Waals surface area contributed by atoms with Crippen LogP contribution in [0.15, 0.2) is 0 Å². The number of rotatable bonds is 2. The van der Waals surface area contributed by atoms with E-state index in [0.29, 0.717) is 16.9 Å². The SMILES string of the molecule is CC(N)C1(C2(C)COC2)CC1. The molecule has 64 valence electrons. The third-order valence-corrected chi connectivity index (χ3v) is 3.70. The molecule has 1 saturated carbocycles. The fourth-order valence-electron chi connectivity index (χ4n) is 2.44. The first-order valence-corrected chi connectivity index (χ1v) is 4.44. The predicted octanol–water partition coefficient (Wildman–Crippen LogP) is 1.15. The zero-order valence-corrected chi connectivity index (χ0v) is 7.39. The first kappa shape index (κ1) is 7.56. The molecule has 0 radical (unpaired) electrons. The summed E-state index contributed by atoms with van der Waals surface area (Å²) in [5.41, 5.74) is 6.81. The predicted molar refractivity (Wildman–Crippen MR) is 44.2 cm³/mol. The van der Waals surface area contributed by atoms with Crippen LogP contribution in [0.4, 0.5) is 0 Å². The van der Waals surface area contributed by atoms with Crippen LogP contribution in [-0.4, -0.2) is 19.3 Å². The molecule has 2 nitrogen and oxygen atoms in total. The fourth-order valence-corrected chi connectivity index (χ4v) is 2.44. The molecule has 0 aromatic carbocycles. The van der Waals surface area contributed by atoms with Crippen LogP contribution >= 0.6 is 0 Å². The highest BCUT2D eigenvalue weighted by Crippen LogP contribution is 2.62. The third-order valence-electron chi connectivity index (χ3n) is 3.70. The summed E-state index contributed by atoms with van der Waals surface area (Å²) in [7, 11) is 0. The first-order valence-electron chi connectivity index (χ1n) is 4.44. The molecule has 2 aliphatic rings. The topological polar surface area (TPSA) is 35.2 Å². The van der Waals surface area contributed by atoms with Crippen LogP contribution in [0.1, 0.15) is 26.7 Å². The second kappa shape index (κ2) is 1.99. The molecule has 1 heterocycles. The van der Waals surface area contributed by atoms with Crippen LogP contribution in [0.3, 0.4) is 0 Å². The van der Waals surface area contributed by atoms with Gasteiger partial charge in [-0.3, -0.25) is 0 Å². The average Bonchev–Trinajstić information content (AvgIpc) is 2.61. The highest BCUT2D eigenvalue weighted by Gasteiger charge is 2.61. The van der Waals surface area contributed by atoms with Gasteiger partial charge >= 0.3 is 0 Å². The van der Waals surface area contributed by atoms with Gasteiger partial charge in [-0.2, -0.15) is 0 Å². The van der Waals surface area contributed by atoms with Gasteiger partial charge in [0.15, 0.2) is 0 Å². The molecule has 2 rings (SSSR count). The molecule has 2 heteroatoms. The summed E-state index contributed by atoms with van der Waals surface area (Å²) in [5, 5.41) is 0. The maximum Gasteiger partial charge on any atom is 0.0548 e. The normalized spacial score (nSPS) is 34.1. The Hall–Kier alpha value is -0.0800. The third kappa shape index (κ3) is 0.798. The van der Waals surface area contributed by atoms with Crippen molar-refractivity contribution in [3.63, 3.8) is 0 Å². The van der Waals surface area contributed by atoms with Gasteiger partial charge < -0.3 is 10.5 Å². The van der Waals surface area contributed by atoms with Crippen molar-refractivity contribution in [2.75, 3.05) is 13.2 Å². The molecular formula is C9H17NO. The van der Waals surface area contributed by atoms with E-state index in [1.54, 1.807) is 0 Å². The molecule has 0 spiro atoms. The quantitative estimate of drug-likeness (QED) is 0.649. The summed E-state index contributed by atoms with van der Waals surface area (Å²) in [6.07, 6.45) is 2.62. The molecule has 0 aromatic heterocycles. The van der Waals surface area contributed by atoms with E-state index in [4.69, 9.17) is 10.5 Å². The summed E-state index contributed by atoms with van der Waals surface area (Å²) in [5.74, 6) is 0. The molecule has 0 bridgehead atoms. The summed E-state index contributed by atoms with van der Waals surface area (Å²) in [6, 6.07) is 0.344. The Labute approximate surface area is 68.1 Å². The average molecular weight is 155 g/mol. The summed E-state index contributed by atoms with van der Waals surface area (Å²) >= 11 is 0. The highest BCUT2D eigenvalue weighted by molar-refractivity contribution is 5.11. The maximum atomic E-state index is 5.97. The fraction of sp³-hybridized carbons (Fsp3) is 1.00. The van der Waals surface area contributed by atoms with E-state index in [2.05, 4.69) is 13.8 Å². The van der Waals surface area contributed by atoms with Crippen molar-refractivity contribution in [3.8, 4) is 0 Å². The van der Waals surface area contributed by atoms with Crippen LogP contribution in [0.5, 0.6) is 0 Å². The van der Waals surface area contributed by atoms with Gasteiger partial charge in [0.2, 0.25) is 0 Å². The second-order valence-corrected chi connectivity index (χ2v) is 4.50. The molecule has 11 heavy (non-hydrogen) atoms. The smallest absolute Gasteiger partial charge is 0.0548 e. The van der Waals surface area contributed by atoms with Gasteiger partial charge in [-0.05, 0) is 25.2 Å². The van der Waals surface area contributed by atoms with Crippen LogP contribution in [-0.2, 0) is 4.74 Å². The first-order chi connectivity index (χ1) is 5.11. The van der Waals surface area contributed by atoms with Crippen molar-refractivity contribution in [2.45, 2.75) is 32.7 Å². The van der Waals surface area contributed by atoms with Crippen molar-refractivity contribution in [1.29, 1.82) is 0 Å². The molecule has 1 aliphatic carbocycles. The van der Waals surface area contributed by atoms with E-state index < -0.39 is 0 Å². The van der Waals surface area contributed by atoms with E-state index in [-0.39, 0.29) is 0 Å². The summed E-state index contributed by atoms with van der Waals surface area (Å²) in [6.45, 7) is 6.30. The molecule has 1 unspecified atom stereocenters. The molecule has 2 N–H and O–H groups in total. The van der Waals surface area contributed by atoms with Crippen LogP contribution in [0.25, 0.3) is 0 Å². The van der Waals surface area contributed by atoms with E-state index in [9.17, 15) is 0 Å². The van der Waals surface area contributed by atoms with Crippen LogP contribution in [0.2, 0.25) is 0 Å². The molecular weight excluding hydrogens is 138 g/mol. The Morgan fingerprint density at radius 3 is 2.00 bits per heavy atom. The van der Waals surface area contributed by atoms with Gasteiger partial charge in [0.25, 0.3) is 0 Å². The molecule has 1 saturated heterocycles. The van der Waals surface area contributed by atoms with E-state index in [1.807, 2.05) is 0 Å². The maximum absolute atomic E-state index is 5.97. The molecule has 0 amide bonds. The van der Waals surface area contributed by atoms with Gasteiger partial charge in [-0.25, -0.2) is 0 Å². The lowest BCUT2D eigenvalue weighted by Gasteiger charge is -2.47. The van der Waals surface area contributed by atoms with Crippen molar-refractivity contribution in [1.82, 2.24) is 0 Å². The summed E-state index contributed by atoms with van der Waals surface area (Å²) < 4.78 is 5.26. The van der Waals surface area contributed by atoms with Crippen LogP contribution in [0, 0.1) is 10.8 Å². The van der Waals surface area contributed by atoms with Gasteiger partial charge in [0.1, 0.15) is 0 Å². The van der Waals surface area contributed by atoms with Crippen molar-refractivity contribution in [2.24, 2.45) is 16.6 Å². The number of nitrogens with two attached hydrogens (primary N) is 1. The Morgan fingerprint density at radius 1 is 1.36 bits per heavy atom. The van der Waals surface area contributed by atoms with Crippen molar-refractivity contribution < 1.29 is 4.74 Å². The molecule has 0 aromatic rings. The second-order valence-electron chi connectivity index (χ2n) is 4.50. The van der Waals surface area contributed by atoms with Gasteiger partial charge in [-0.15, -0.1) is 0 Å². The van der Waals surface area contributed by atoms with Crippen molar-refractivity contribution >= 4 is 0 Å². The van der Waals surface area contributed by atoms with Gasteiger partial charge in [-0.1, -0.05) is 6.92 Å². The highest BCUT2D eigenvalue weighted by atomic mass is 16.5. The molecule has 2 fully saturated rings. The minimum absolute atomic E-state index is 0.344. The Morgan fingerprint density at radius 2 is 1.91 bits per heavy atom. The standard InChI is InChI=1S/C9H17NO/c1-7(10)9(3-4-9)8(2)5-11-6-8/h7H,3-6,10H2,1-2H3. The molecule has 1 aliphatic heterocycles. The Bertz CT molecular complexity index is 168. The number of hydrogen-bond acceptors (Lipinski definition) is 2. The van der Waals surface area contributed by atoms with E-state index in [1.165, 1.54) is 12.8 Å². The lowest BCUT2D eigenvalue weighted by atomic mass is 9.69. The van der Waals surface area contributed by atoms with E-state index in [0.717, 1.165) is 13.2 Å².